The Morgan fingerprint density at radius 1 is 1.40 bits per heavy atom. The summed E-state index contributed by atoms with van der Waals surface area (Å²) in [4.78, 5) is 0. The highest BCUT2D eigenvalue weighted by Crippen LogP contribution is 2.37. The number of fused-ring (bicyclic) bond motifs is 1. The summed E-state index contributed by atoms with van der Waals surface area (Å²) in [6, 6.07) is 7.23. The summed E-state index contributed by atoms with van der Waals surface area (Å²) in [5, 5.41) is 0. The van der Waals surface area contributed by atoms with Crippen LogP contribution < -0.4 is 9.03 Å². The highest BCUT2D eigenvalue weighted by molar-refractivity contribution is 7.94. The summed E-state index contributed by atoms with van der Waals surface area (Å²) in [6.07, 6.45) is 0.787. The van der Waals surface area contributed by atoms with Crippen LogP contribution in [0.15, 0.2) is 24.3 Å². The van der Waals surface area contributed by atoms with Gasteiger partial charge in [-0.15, -0.1) is 0 Å². The standard InChI is InChI=1S/C10H14N2O2S/c1-3-8(2)12-10-7-5-4-6-9(10)11-15(12,13)14/h4-8,11H,3H2,1-2H3/t8-/m1/s1. The van der Waals surface area contributed by atoms with E-state index in [2.05, 4.69) is 4.72 Å². The van der Waals surface area contributed by atoms with E-state index >= 15 is 0 Å². The summed E-state index contributed by atoms with van der Waals surface area (Å²) in [6.45, 7) is 3.88. The van der Waals surface area contributed by atoms with Crippen molar-refractivity contribution in [3.63, 3.8) is 0 Å². The molecule has 15 heavy (non-hydrogen) atoms. The van der Waals surface area contributed by atoms with Crippen molar-refractivity contribution in [2.45, 2.75) is 26.3 Å². The quantitative estimate of drug-likeness (QED) is 0.838. The Balaban J connectivity index is 2.53. The average molecular weight is 226 g/mol. The number of hydrogen-bond acceptors (Lipinski definition) is 2. The van der Waals surface area contributed by atoms with Crippen LogP contribution in [0.5, 0.6) is 0 Å². The fourth-order valence-electron chi connectivity index (χ4n) is 1.71. The van der Waals surface area contributed by atoms with E-state index in [1.54, 1.807) is 6.07 Å². The molecule has 1 aliphatic heterocycles. The molecule has 1 heterocycles. The first kappa shape index (κ1) is 10.3. The lowest BCUT2D eigenvalue weighted by Crippen LogP contribution is -2.37. The van der Waals surface area contributed by atoms with E-state index in [1.165, 1.54) is 4.31 Å². The lowest BCUT2D eigenvalue weighted by molar-refractivity contribution is 0.585. The molecule has 2 rings (SSSR count). The van der Waals surface area contributed by atoms with Gasteiger partial charge < -0.3 is 0 Å². The zero-order valence-corrected chi connectivity index (χ0v) is 9.58. The summed E-state index contributed by atoms with van der Waals surface area (Å²) in [5.41, 5.74) is 1.41. The van der Waals surface area contributed by atoms with Crippen molar-refractivity contribution in [2.24, 2.45) is 0 Å². The predicted octanol–water partition coefficient (Wildman–Crippen LogP) is 1.96. The fourth-order valence-corrected chi connectivity index (χ4v) is 3.30. The Labute approximate surface area is 90.1 Å². The monoisotopic (exact) mass is 226 g/mol. The van der Waals surface area contributed by atoms with Gasteiger partial charge in [-0.2, -0.15) is 8.42 Å². The summed E-state index contributed by atoms with van der Waals surface area (Å²) >= 11 is 0. The van der Waals surface area contributed by atoms with E-state index in [0.717, 1.165) is 12.1 Å². The van der Waals surface area contributed by atoms with Crippen LogP contribution in [0.2, 0.25) is 0 Å². The molecular weight excluding hydrogens is 212 g/mol. The van der Waals surface area contributed by atoms with Crippen LogP contribution in [0.3, 0.4) is 0 Å². The fraction of sp³-hybridized carbons (Fsp3) is 0.400. The van der Waals surface area contributed by atoms with Gasteiger partial charge in [-0.3, -0.25) is 4.72 Å². The number of nitrogens with zero attached hydrogens (tertiary/aromatic N) is 1. The molecule has 1 atom stereocenters. The molecule has 1 aliphatic rings. The second kappa shape index (κ2) is 3.41. The van der Waals surface area contributed by atoms with E-state index in [9.17, 15) is 8.42 Å². The van der Waals surface area contributed by atoms with Crippen molar-refractivity contribution in [3.8, 4) is 0 Å². The van der Waals surface area contributed by atoms with Crippen LogP contribution in [-0.2, 0) is 10.2 Å². The largest absolute Gasteiger partial charge is 0.324 e. The van der Waals surface area contributed by atoms with E-state index in [4.69, 9.17) is 0 Å². The third kappa shape index (κ3) is 1.56. The lowest BCUT2D eigenvalue weighted by atomic mass is 10.2. The number of hydrogen-bond donors (Lipinski definition) is 1. The van der Waals surface area contributed by atoms with Crippen molar-refractivity contribution in [3.05, 3.63) is 24.3 Å². The molecule has 1 aromatic rings. The number of anilines is 2. The van der Waals surface area contributed by atoms with Gasteiger partial charge in [0, 0.05) is 6.04 Å². The highest BCUT2D eigenvalue weighted by atomic mass is 32.2. The summed E-state index contributed by atoms with van der Waals surface area (Å²) in [7, 11) is -3.37. The molecule has 0 aromatic heterocycles. The van der Waals surface area contributed by atoms with Crippen molar-refractivity contribution >= 4 is 21.6 Å². The second-order valence-electron chi connectivity index (χ2n) is 3.68. The van der Waals surface area contributed by atoms with E-state index in [-0.39, 0.29) is 6.04 Å². The molecule has 82 valence electrons. The maximum absolute atomic E-state index is 11.8. The molecule has 0 amide bonds. The molecule has 0 bridgehead atoms. The normalized spacial score (nSPS) is 19.5. The molecule has 0 unspecified atom stereocenters. The molecule has 0 spiro atoms. The number of benzene rings is 1. The minimum Gasteiger partial charge on any atom is -0.264 e. The zero-order chi connectivity index (χ0) is 11.1. The first-order valence-corrected chi connectivity index (χ1v) is 6.41. The van der Waals surface area contributed by atoms with Crippen LogP contribution in [-0.4, -0.2) is 14.5 Å². The molecule has 4 nitrogen and oxygen atoms in total. The highest BCUT2D eigenvalue weighted by Gasteiger charge is 2.34. The molecule has 0 saturated carbocycles. The van der Waals surface area contributed by atoms with Crippen LogP contribution >= 0.6 is 0 Å². The van der Waals surface area contributed by atoms with Gasteiger partial charge in [0.05, 0.1) is 11.4 Å². The Morgan fingerprint density at radius 2 is 2.07 bits per heavy atom. The van der Waals surface area contributed by atoms with Crippen LogP contribution in [0.1, 0.15) is 20.3 Å². The molecule has 1 aromatic carbocycles. The number of para-hydroxylation sites is 2. The maximum atomic E-state index is 11.8. The van der Waals surface area contributed by atoms with Gasteiger partial charge in [0.25, 0.3) is 0 Å². The molecule has 0 aliphatic carbocycles. The van der Waals surface area contributed by atoms with Crippen molar-refractivity contribution < 1.29 is 8.42 Å². The van der Waals surface area contributed by atoms with E-state index in [1.807, 2.05) is 32.0 Å². The van der Waals surface area contributed by atoms with Gasteiger partial charge in [0.1, 0.15) is 0 Å². The van der Waals surface area contributed by atoms with Gasteiger partial charge >= 0.3 is 10.2 Å². The maximum Gasteiger partial charge on any atom is 0.324 e. The molecule has 0 saturated heterocycles. The van der Waals surface area contributed by atoms with Gasteiger partial charge in [0.15, 0.2) is 0 Å². The predicted molar refractivity (Wildman–Crippen MR) is 61.2 cm³/mol. The van der Waals surface area contributed by atoms with Crippen LogP contribution in [0, 0.1) is 0 Å². The van der Waals surface area contributed by atoms with Crippen molar-refractivity contribution in [1.29, 1.82) is 0 Å². The van der Waals surface area contributed by atoms with Gasteiger partial charge in [0.2, 0.25) is 0 Å². The van der Waals surface area contributed by atoms with Gasteiger partial charge in [-0.05, 0) is 25.5 Å². The summed E-state index contributed by atoms with van der Waals surface area (Å²) in [5.74, 6) is 0. The average Bonchev–Trinajstić information content (AvgIpc) is 2.46. The minimum absolute atomic E-state index is 0.0221. The molecule has 5 heteroatoms. The van der Waals surface area contributed by atoms with Crippen molar-refractivity contribution in [2.75, 3.05) is 9.03 Å². The van der Waals surface area contributed by atoms with Crippen molar-refractivity contribution in [1.82, 2.24) is 0 Å². The van der Waals surface area contributed by atoms with E-state index < -0.39 is 10.2 Å². The van der Waals surface area contributed by atoms with Crippen LogP contribution in [0.4, 0.5) is 11.4 Å². The third-order valence-corrected chi connectivity index (χ3v) is 4.18. The summed E-state index contributed by atoms with van der Waals surface area (Å²) < 4.78 is 27.7. The lowest BCUT2D eigenvalue weighted by Gasteiger charge is -2.23. The third-order valence-electron chi connectivity index (χ3n) is 2.63. The van der Waals surface area contributed by atoms with E-state index in [0.29, 0.717) is 5.69 Å². The molecule has 1 N–H and O–H groups in total. The Hall–Kier alpha value is -1.23. The Bertz CT molecular complexity index is 470. The zero-order valence-electron chi connectivity index (χ0n) is 8.77. The molecule has 0 radical (unpaired) electrons. The number of rotatable bonds is 2. The van der Waals surface area contributed by atoms with Crippen LogP contribution in [0.25, 0.3) is 0 Å². The second-order valence-corrected chi connectivity index (χ2v) is 5.22. The molecule has 0 fully saturated rings. The van der Waals surface area contributed by atoms with Gasteiger partial charge in [-0.25, -0.2) is 4.31 Å². The SMILES string of the molecule is CC[C@@H](C)N1c2ccccc2NS1(=O)=O. The minimum atomic E-state index is -3.37. The Kier molecular flexibility index (Phi) is 2.34. The smallest absolute Gasteiger partial charge is 0.264 e. The Morgan fingerprint density at radius 3 is 2.73 bits per heavy atom. The first-order chi connectivity index (χ1) is 7.06. The number of nitrogens with one attached hydrogen (secondary N) is 1. The first-order valence-electron chi connectivity index (χ1n) is 4.97. The molecular formula is C10H14N2O2S. The topological polar surface area (TPSA) is 49.4 Å². The van der Waals surface area contributed by atoms with Gasteiger partial charge in [-0.1, -0.05) is 19.1 Å².